The Morgan fingerprint density at radius 3 is 1.59 bits per heavy atom. The number of hydrogen-bond donors (Lipinski definition) is 0. The molecule has 114 heavy (non-hydrogen) atoms. The molecule has 9 nitrogen and oxygen atoms in total. The number of hydrogen-bond acceptors (Lipinski definition) is 4. The topological polar surface area (TPSA) is 87.4 Å². The second kappa shape index (κ2) is 24.7. The van der Waals surface area contributed by atoms with Gasteiger partial charge in [-0.1, -0.05) is 212 Å². The van der Waals surface area contributed by atoms with Gasteiger partial charge in [0.05, 0.1) is 61.5 Å². The minimum absolute atomic E-state index is 0.590. The lowest BCUT2D eigenvalue weighted by molar-refractivity contribution is 0.669. The molecule has 0 bridgehead atoms. The molecule has 0 N–H and O–H groups in total. The Morgan fingerprint density at radius 2 is 0.754 bits per heavy atom. The first kappa shape index (κ1) is 63.3. The molecule has 0 aliphatic rings. The summed E-state index contributed by atoms with van der Waals surface area (Å²) in [4.78, 5) is 11.3. The average Bonchev–Trinajstić information content (AvgIpc) is 1.54. The quantitative estimate of drug-likeness (QED) is 0.136. The first-order valence-electron chi connectivity index (χ1n) is 38.6. The van der Waals surface area contributed by atoms with Crippen molar-refractivity contribution in [3.8, 4) is 90.3 Å². The van der Waals surface area contributed by atoms with Crippen molar-refractivity contribution >= 4 is 142 Å². The largest absolute Gasteiger partial charge is 0.456 e. The van der Waals surface area contributed by atoms with E-state index in [0.29, 0.717) is 5.56 Å². The van der Waals surface area contributed by atoms with Gasteiger partial charge >= 0.3 is 0 Å². The van der Waals surface area contributed by atoms with Gasteiger partial charge in [0.2, 0.25) is 0 Å². The molecular formula is C105H62N8O. The van der Waals surface area contributed by atoms with Crippen molar-refractivity contribution < 1.29 is 4.42 Å². The van der Waals surface area contributed by atoms with Crippen molar-refractivity contribution in [2.75, 3.05) is 0 Å². The summed E-state index contributed by atoms with van der Waals surface area (Å²) < 4.78 is 18.2. The minimum Gasteiger partial charge on any atom is -0.456 e. The third kappa shape index (κ3) is 9.59. The van der Waals surface area contributed by atoms with E-state index in [0.717, 1.165) is 177 Å². The van der Waals surface area contributed by atoms with Crippen LogP contribution in [0.3, 0.4) is 0 Å². The predicted molar refractivity (Wildman–Crippen MR) is 470 cm³/mol. The van der Waals surface area contributed by atoms with Gasteiger partial charge in [-0.2, -0.15) is 5.26 Å². The molecule has 0 saturated carbocycles. The molecule has 24 rings (SSSR count). The number of fused-ring (bicyclic) bond motifs is 20. The fourth-order valence-electron chi connectivity index (χ4n) is 18.5. The van der Waals surface area contributed by atoms with E-state index in [1.165, 1.54) is 48.8 Å². The van der Waals surface area contributed by atoms with Gasteiger partial charge in [0, 0.05) is 105 Å². The average molecular weight is 1450 g/mol. The van der Waals surface area contributed by atoms with Crippen LogP contribution in [0.4, 0.5) is 0 Å². The molecule has 0 atom stereocenters. The van der Waals surface area contributed by atoms with Crippen LogP contribution in [0.15, 0.2) is 381 Å². The van der Waals surface area contributed by atoms with Crippen molar-refractivity contribution in [2.45, 2.75) is 0 Å². The molecule has 0 unspecified atom stereocenters. The second-order valence-corrected chi connectivity index (χ2v) is 29.9. The molecule has 16 aromatic carbocycles. The summed E-state index contributed by atoms with van der Waals surface area (Å²) in [5.74, 6) is 0. The summed E-state index contributed by atoms with van der Waals surface area (Å²) in [6, 6.07) is 136. The maximum atomic E-state index is 10.0. The van der Waals surface area contributed by atoms with Crippen LogP contribution in [0.1, 0.15) is 5.56 Å². The molecule has 0 radical (unpaired) electrons. The number of nitrogens with zero attached hydrogens (tertiary/aromatic N) is 8. The maximum absolute atomic E-state index is 10.0. The van der Waals surface area contributed by atoms with E-state index in [2.05, 4.69) is 363 Å². The zero-order valence-corrected chi connectivity index (χ0v) is 61.3. The van der Waals surface area contributed by atoms with E-state index < -0.39 is 0 Å². The Kier molecular flexibility index (Phi) is 13.7. The highest BCUT2D eigenvalue weighted by atomic mass is 16.3. The number of aromatic nitrogens is 7. The molecule has 0 spiro atoms. The summed E-state index contributed by atoms with van der Waals surface area (Å²) in [5.41, 5.74) is 28.8. The zero-order chi connectivity index (χ0) is 74.8. The SMILES string of the molecule is N#Cc1ccc(-n2c3ccc(-n4c5ccccc5c5ccc6c(c7ccccc7n6-c6ccc(-c7ccccc7)cc6)c54)cc3c3cc(-c4ccc5c6c(-c7ccc(-c8cccc(-n9c%10ccccc%10c%10cc(-c%11ccc%12c(c%11)oc%11ccccc%11%12)ccc%109)c8)cc7)cccc6n(-c6ccc7ccccc7c6)c5n4)cnc32)cc1. The number of nitriles is 1. The molecule has 0 fully saturated rings. The first-order chi connectivity index (χ1) is 56.5. The molecule has 0 amide bonds. The normalized spacial score (nSPS) is 12.0. The summed E-state index contributed by atoms with van der Waals surface area (Å²) in [6.07, 6.45) is 1.97. The summed E-state index contributed by atoms with van der Waals surface area (Å²) in [7, 11) is 0. The Hall–Kier alpha value is -15.6. The van der Waals surface area contributed by atoms with Crippen molar-refractivity contribution in [3.63, 3.8) is 0 Å². The molecule has 8 heterocycles. The fraction of sp³-hybridized carbons (Fsp3) is 0. The molecule has 528 valence electrons. The van der Waals surface area contributed by atoms with Crippen molar-refractivity contribution in [3.05, 3.63) is 382 Å². The maximum Gasteiger partial charge on any atom is 0.146 e. The lowest BCUT2D eigenvalue weighted by Crippen LogP contribution is -1.98. The van der Waals surface area contributed by atoms with Crippen molar-refractivity contribution in [2.24, 2.45) is 0 Å². The smallest absolute Gasteiger partial charge is 0.146 e. The molecule has 24 aromatic rings. The number of pyridine rings is 2. The van der Waals surface area contributed by atoms with Crippen LogP contribution in [0, 0.1) is 11.3 Å². The molecule has 0 aliphatic heterocycles. The van der Waals surface area contributed by atoms with Gasteiger partial charge in [-0.25, -0.2) is 9.97 Å². The Labute approximate surface area is 652 Å². The third-order valence-corrected chi connectivity index (χ3v) is 23.7. The van der Waals surface area contributed by atoms with Crippen molar-refractivity contribution in [1.29, 1.82) is 5.26 Å². The predicted octanol–water partition coefficient (Wildman–Crippen LogP) is 27.2. The highest BCUT2D eigenvalue weighted by Crippen LogP contribution is 2.47. The summed E-state index contributed by atoms with van der Waals surface area (Å²) in [5, 5.41) is 25.9. The number of benzene rings is 16. The van der Waals surface area contributed by atoms with Crippen LogP contribution in [-0.2, 0) is 0 Å². The Balaban J connectivity index is 0.635. The van der Waals surface area contributed by atoms with Crippen LogP contribution in [0.2, 0.25) is 0 Å². The van der Waals surface area contributed by atoms with E-state index in [-0.39, 0.29) is 0 Å². The van der Waals surface area contributed by atoms with Gasteiger partial charge in [-0.05, 0) is 213 Å². The fourth-order valence-corrected chi connectivity index (χ4v) is 18.5. The van der Waals surface area contributed by atoms with E-state index in [4.69, 9.17) is 14.4 Å². The van der Waals surface area contributed by atoms with Gasteiger partial charge in [0.25, 0.3) is 0 Å². The highest BCUT2D eigenvalue weighted by Gasteiger charge is 2.26. The van der Waals surface area contributed by atoms with Crippen LogP contribution < -0.4 is 0 Å². The van der Waals surface area contributed by atoms with Gasteiger partial charge in [-0.3, -0.25) is 9.13 Å². The lowest BCUT2D eigenvalue weighted by Gasteiger charge is -2.12. The monoisotopic (exact) mass is 1450 g/mol. The highest BCUT2D eigenvalue weighted by molar-refractivity contribution is 6.27. The number of para-hydroxylation sites is 4. The second-order valence-electron chi connectivity index (χ2n) is 29.9. The van der Waals surface area contributed by atoms with Crippen LogP contribution in [0.5, 0.6) is 0 Å². The van der Waals surface area contributed by atoms with Gasteiger partial charge in [-0.15, -0.1) is 0 Å². The van der Waals surface area contributed by atoms with Gasteiger partial charge < -0.3 is 18.1 Å². The van der Waals surface area contributed by atoms with E-state index >= 15 is 0 Å². The van der Waals surface area contributed by atoms with Crippen LogP contribution in [-0.4, -0.2) is 32.8 Å². The molecule has 8 aromatic heterocycles. The number of rotatable bonds is 10. The van der Waals surface area contributed by atoms with Crippen LogP contribution >= 0.6 is 0 Å². The third-order valence-electron chi connectivity index (χ3n) is 23.7. The Morgan fingerprint density at radius 1 is 0.254 bits per heavy atom. The molecule has 0 saturated heterocycles. The minimum atomic E-state index is 0.590. The van der Waals surface area contributed by atoms with E-state index in [1.807, 2.05) is 42.6 Å². The zero-order valence-electron chi connectivity index (χ0n) is 61.3. The van der Waals surface area contributed by atoms with Crippen LogP contribution in [0.25, 0.3) is 226 Å². The summed E-state index contributed by atoms with van der Waals surface area (Å²) >= 11 is 0. The van der Waals surface area contributed by atoms with E-state index in [1.54, 1.807) is 0 Å². The van der Waals surface area contributed by atoms with Gasteiger partial charge in [0.15, 0.2) is 0 Å². The molecule has 0 aliphatic carbocycles. The van der Waals surface area contributed by atoms with Crippen molar-refractivity contribution in [1.82, 2.24) is 32.8 Å². The van der Waals surface area contributed by atoms with E-state index in [9.17, 15) is 5.26 Å². The van der Waals surface area contributed by atoms with Gasteiger partial charge in [0.1, 0.15) is 22.5 Å². The Bertz CT molecular complexity index is 8220. The summed E-state index contributed by atoms with van der Waals surface area (Å²) in [6.45, 7) is 0. The first-order valence-corrected chi connectivity index (χ1v) is 38.6. The lowest BCUT2D eigenvalue weighted by atomic mass is 9.97. The molecular weight excluding hydrogens is 1390 g/mol. The standard InChI is InChI=1S/C105H62N8O/c106-62-64-32-43-76(44-33-64)112-96-54-48-79(111-93-28-11-6-22-81(93)85-51-55-98-102(103(85)111)86-25-8-12-29-94(86)109(98)75-45-38-67(39-46-75)65-16-2-1-3-17-65)61-89(96)90-59-74(63-107-104(90)112)91-52-50-87-101-80(26-15-30-97(101)113(105(87)108-91)78-47-40-66-18-4-5-19-70(66)57-78)69-36-34-68(35-37-69)71-20-14-21-77(56-71)110-92-27-10-7-23-82(92)88-58-72(42-53-95(88)110)73-41-49-84-83-24-9-13-31-99(83)114-100(84)60-73/h1-61,63H. The molecule has 9 heteroatoms. The number of furan rings is 1.